The van der Waals surface area contributed by atoms with Crippen molar-refractivity contribution in [2.75, 3.05) is 0 Å². The summed E-state index contributed by atoms with van der Waals surface area (Å²) in [6.07, 6.45) is 3.61. The van der Waals surface area contributed by atoms with Gasteiger partial charge in [0.25, 0.3) is 0 Å². The molecule has 2 heterocycles. The van der Waals surface area contributed by atoms with Crippen LogP contribution >= 0.6 is 0 Å². The molecule has 4 aromatic carbocycles. The van der Waals surface area contributed by atoms with Crippen LogP contribution in [0.15, 0.2) is 84.9 Å². The zero-order valence-corrected chi connectivity index (χ0v) is 19.5. The largest absolute Gasteiger partial charge is 0.340 e. The summed E-state index contributed by atoms with van der Waals surface area (Å²) in [5.41, 5.74) is 8.09. The highest BCUT2D eigenvalue weighted by Gasteiger charge is 2.11. The average molecular weight is 431 g/mol. The predicted octanol–water partition coefficient (Wildman–Crippen LogP) is 8.39. The monoisotopic (exact) mass is 430 g/mol. The SMILES string of the molecule is Cc1ccc2c(c1)c1ccccc1n2CCCCCn1c2ccccc2c2cc(C)ccc21. The summed E-state index contributed by atoms with van der Waals surface area (Å²) in [5.74, 6) is 0. The van der Waals surface area contributed by atoms with E-state index in [1.807, 2.05) is 0 Å². The molecule has 0 atom stereocenters. The molecule has 0 amide bonds. The number of hydrogen-bond acceptors (Lipinski definition) is 0. The fraction of sp³-hybridized carbons (Fsp3) is 0.226. The van der Waals surface area contributed by atoms with Gasteiger partial charge in [-0.05, 0) is 69.5 Å². The molecule has 0 spiro atoms. The smallest absolute Gasteiger partial charge is 0.0491 e. The Morgan fingerprint density at radius 1 is 0.455 bits per heavy atom. The minimum absolute atomic E-state index is 1.07. The van der Waals surface area contributed by atoms with Crippen LogP contribution in [0.3, 0.4) is 0 Å². The van der Waals surface area contributed by atoms with E-state index in [1.54, 1.807) is 0 Å². The second-order valence-electron chi connectivity index (χ2n) is 9.44. The van der Waals surface area contributed by atoms with Gasteiger partial charge in [-0.1, -0.05) is 59.7 Å². The van der Waals surface area contributed by atoms with Crippen LogP contribution in [-0.2, 0) is 13.1 Å². The highest BCUT2D eigenvalue weighted by Crippen LogP contribution is 2.31. The number of fused-ring (bicyclic) bond motifs is 6. The van der Waals surface area contributed by atoms with Crippen molar-refractivity contribution >= 4 is 43.6 Å². The Kier molecular flexibility index (Phi) is 4.95. The fourth-order valence-corrected chi connectivity index (χ4v) is 5.53. The standard InChI is InChI=1S/C31H30N2/c1-22-14-16-30-26(20-22)24-10-4-6-12-28(24)32(30)18-8-3-9-19-33-29-13-7-5-11-25(29)27-21-23(2)15-17-31(27)33/h4-7,10-17,20-21H,3,8-9,18-19H2,1-2H3. The zero-order chi connectivity index (χ0) is 22.4. The molecule has 2 aromatic heterocycles. The zero-order valence-electron chi connectivity index (χ0n) is 19.5. The van der Waals surface area contributed by atoms with Gasteiger partial charge in [-0.15, -0.1) is 0 Å². The molecule has 0 aliphatic carbocycles. The van der Waals surface area contributed by atoms with E-state index in [2.05, 4.69) is 108 Å². The number of rotatable bonds is 6. The first kappa shape index (κ1) is 20.1. The molecule has 2 nitrogen and oxygen atoms in total. The third-order valence-electron chi connectivity index (χ3n) is 7.12. The van der Waals surface area contributed by atoms with Crippen LogP contribution < -0.4 is 0 Å². The first-order chi connectivity index (χ1) is 16.2. The minimum atomic E-state index is 1.07. The summed E-state index contributed by atoms with van der Waals surface area (Å²) in [6.45, 7) is 6.50. The molecule has 0 aliphatic rings. The molecule has 0 aliphatic heterocycles. The second-order valence-corrected chi connectivity index (χ2v) is 9.44. The van der Waals surface area contributed by atoms with E-state index in [9.17, 15) is 0 Å². The third-order valence-corrected chi connectivity index (χ3v) is 7.12. The lowest BCUT2D eigenvalue weighted by molar-refractivity contribution is 0.570. The lowest BCUT2D eigenvalue weighted by atomic mass is 10.1. The van der Waals surface area contributed by atoms with E-state index < -0.39 is 0 Å². The van der Waals surface area contributed by atoms with E-state index in [4.69, 9.17) is 0 Å². The number of aryl methyl sites for hydroxylation is 4. The summed E-state index contributed by atoms with van der Waals surface area (Å²) >= 11 is 0. The Hall–Kier alpha value is -3.52. The highest BCUT2D eigenvalue weighted by atomic mass is 15.0. The van der Waals surface area contributed by atoms with Crippen LogP contribution in [0.4, 0.5) is 0 Å². The van der Waals surface area contributed by atoms with Crippen molar-refractivity contribution < 1.29 is 0 Å². The molecule has 0 N–H and O–H groups in total. The van der Waals surface area contributed by atoms with Crippen LogP contribution in [0.2, 0.25) is 0 Å². The third kappa shape index (κ3) is 3.41. The van der Waals surface area contributed by atoms with Crippen molar-refractivity contribution in [3.05, 3.63) is 96.1 Å². The van der Waals surface area contributed by atoms with Crippen LogP contribution in [0.1, 0.15) is 30.4 Å². The highest BCUT2D eigenvalue weighted by molar-refractivity contribution is 6.09. The first-order valence-electron chi connectivity index (χ1n) is 12.2. The van der Waals surface area contributed by atoms with Crippen LogP contribution in [0, 0.1) is 13.8 Å². The normalized spacial score (nSPS) is 11.9. The molecular weight excluding hydrogens is 400 g/mol. The fourth-order valence-electron chi connectivity index (χ4n) is 5.53. The topological polar surface area (TPSA) is 9.86 Å². The van der Waals surface area contributed by atoms with E-state index in [1.165, 1.54) is 74.0 Å². The number of hydrogen-bond donors (Lipinski definition) is 0. The van der Waals surface area contributed by atoms with Gasteiger partial charge in [-0.3, -0.25) is 0 Å². The van der Waals surface area contributed by atoms with Crippen molar-refractivity contribution in [1.29, 1.82) is 0 Å². The molecule has 0 saturated carbocycles. The van der Waals surface area contributed by atoms with Gasteiger partial charge in [0, 0.05) is 56.7 Å². The summed E-state index contributed by atoms with van der Waals surface area (Å²) in [6, 6.07) is 31.4. The number of para-hydroxylation sites is 2. The lowest BCUT2D eigenvalue weighted by Gasteiger charge is -2.10. The molecule has 0 radical (unpaired) electrons. The van der Waals surface area contributed by atoms with Gasteiger partial charge in [-0.2, -0.15) is 0 Å². The van der Waals surface area contributed by atoms with Gasteiger partial charge >= 0.3 is 0 Å². The molecular formula is C31H30N2. The molecule has 33 heavy (non-hydrogen) atoms. The molecule has 2 heteroatoms. The Morgan fingerprint density at radius 3 is 1.36 bits per heavy atom. The van der Waals surface area contributed by atoms with Gasteiger partial charge in [-0.25, -0.2) is 0 Å². The lowest BCUT2D eigenvalue weighted by Crippen LogP contribution is -2.01. The number of benzene rings is 4. The molecule has 164 valence electrons. The number of aromatic nitrogens is 2. The Morgan fingerprint density at radius 2 is 0.879 bits per heavy atom. The maximum atomic E-state index is 2.52. The van der Waals surface area contributed by atoms with Crippen molar-refractivity contribution in [2.45, 2.75) is 46.2 Å². The maximum absolute atomic E-state index is 2.52. The second kappa shape index (κ2) is 8.12. The van der Waals surface area contributed by atoms with Crippen LogP contribution in [0.5, 0.6) is 0 Å². The Bertz CT molecular complexity index is 1490. The van der Waals surface area contributed by atoms with Crippen molar-refractivity contribution in [1.82, 2.24) is 9.13 Å². The van der Waals surface area contributed by atoms with Crippen LogP contribution in [-0.4, -0.2) is 9.13 Å². The maximum Gasteiger partial charge on any atom is 0.0491 e. The van der Waals surface area contributed by atoms with E-state index in [0.717, 1.165) is 13.1 Å². The van der Waals surface area contributed by atoms with Gasteiger partial charge in [0.05, 0.1) is 0 Å². The quantitative estimate of drug-likeness (QED) is 0.235. The summed E-state index contributed by atoms with van der Waals surface area (Å²) in [5, 5.41) is 5.51. The van der Waals surface area contributed by atoms with Crippen molar-refractivity contribution in [2.24, 2.45) is 0 Å². The molecule has 0 fully saturated rings. The summed E-state index contributed by atoms with van der Waals surface area (Å²) in [4.78, 5) is 0. The molecule has 6 aromatic rings. The average Bonchev–Trinajstić information content (AvgIpc) is 3.31. The van der Waals surface area contributed by atoms with Crippen molar-refractivity contribution in [3.63, 3.8) is 0 Å². The number of unbranched alkanes of at least 4 members (excludes halogenated alkanes) is 2. The molecule has 6 rings (SSSR count). The van der Waals surface area contributed by atoms with E-state index in [-0.39, 0.29) is 0 Å². The Labute approximate surface area is 195 Å². The van der Waals surface area contributed by atoms with Crippen LogP contribution in [0.25, 0.3) is 43.6 Å². The molecule has 0 bridgehead atoms. The molecule has 0 saturated heterocycles. The summed E-state index contributed by atoms with van der Waals surface area (Å²) in [7, 11) is 0. The van der Waals surface area contributed by atoms with E-state index in [0.29, 0.717) is 0 Å². The Balaban J connectivity index is 1.22. The van der Waals surface area contributed by atoms with E-state index >= 15 is 0 Å². The van der Waals surface area contributed by atoms with Gasteiger partial charge in [0.15, 0.2) is 0 Å². The predicted molar refractivity (Wildman–Crippen MR) is 142 cm³/mol. The van der Waals surface area contributed by atoms with Gasteiger partial charge in [0.1, 0.15) is 0 Å². The van der Waals surface area contributed by atoms with Gasteiger partial charge < -0.3 is 9.13 Å². The summed E-state index contributed by atoms with van der Waals surface area (Å²) < 4.78 is 5.04. The van der Waals surface area contributed by atoms with Gasteiger partial charge in [0.2, 0.25) is 0 Å². The number of nitrogens with zero attached hydrogens (tertiary/aromatic N) is 2. The first-order valence-corrected chi connectivity index (χ1v) is 12.2. The molecule has 0 unspecified atom stereocenters. The van der Waals surface area contributed by atoms with Crippen molar-refractivity contribution in [3.8, 4) is 0 Å². The minimum Gasteiger partial charge on any atom is -0.340 e.